The van der Waals surface area contributed by atoms with Crippen LogP contribution in [0, 0.1) is 5.92 Å². The second kappa shape index (κ2) is 8.54. The van der Waals surface area contributed by atoms with Gasteiger partial charge in [-0.25, -0.2) is 17.2 Å². The van der Waals surface area contributed by atoms with E-state index < -0.39 is 34.0 Å². The molecule has 1 aromatic heterocycles. The van der Waals surface area contributed by atoms with Crippen LogP contribution in [0.25, 0.3) is 5.57 Å². The number of carbonyl (C=O) groups is 1. The van der Waals surface area contributed by atoms with Crippen molar-refractivity contribution in [3.05, 3.63) is 35.9 Å². The molecule has 1 heterocycles. The van der Waals surface area contributed by atoms with Crippen molar-refractivity contribution in [2.24, 2.45) is 5.92 Å². The van der Waals surface area contributed by atoms with Gasteiger partial charge in [-0.15, -0.1) is 4.37 Å². The van der Waals surface area contributed by atoms with Gasteiger partial charge in [0.25, 0.3) is 5.91 Å². The molecule has 1 aliphatic carbocycles. The molecule has 11 heteroatoms. The predicted molar refractivity (Wildman–Crippen MR) is 105 cm³/mol. The van der Waals surface area contributed by atoms with E-state index in [9.17, 15) is 22.0 Å². The average Bonchev–Trinajstić information content (AvgIpc) is 3.25. The van der Waals surface area contributed by atoms with Gasteiger partial charge in [0.1, 0.15) is 12.3 Å². The minimum atomic E-state index is -3.40. The summed E-state index contributed by atoms with van der Waals surface area (Å²) >= 11 is 0.920. The van der Waals surface area contributed by atoms with E-state index in [-0.39, 0.29) is 34.5 Å². The zero-order valence-electron chi connectivity index (χ0n) is 15.6. The summed E-state index contributed by atoms with van der Waals surface area (Å²) in [5, 5.41) is 2.79. The second-order valence-electron chi connectivity index (χ2n) is 6.68. The number of rotatable bonds is 6. The van der Waals surface area contributed by atoms with Crippen LogP contribution >= 0.6 is 11.5 Å². The summed E-state index contributed by atoms with van der Waals surface area (Å²) in [7, 11) is -2.01. The topological polar surface area (TPSA) is 98.2 Å². The number of alkyl halides is 2. The molecule has 7 nitrogen and oxygen atoms in total. The van der Waals surface area contributed by atoms with Crippen molar-refractivity contribution in [2.75, 3.05) is 18.7 Å². The van der Waals surface area contributed by atoms with Crippen molar-refractivity contribution in [1.82, 2.24) is 9.36 Å². The fraction of sp³-hybridized carbons (Fsp3) is 0.389. The van der Waals surface area contributed by atoms with E-state index in [2.05, 4.69) is 14.7 Å². The number of carbonyl (C=O) groups excluding carboxylic acids is 1. The molecule has 1 aromatic carbocycles. The zero-order chi connectivity index (χ0) is 21.2. The van der Waals surface area contributed by atoms with E-state index in [1.165, 1.54) is 37.5 Å². The van der Waals surface area contributed by atoms with Gasteiger partial charge < -0.3 is 4.74 Å². The standard InChI is InChI=1S/C18H19F2N3O4S2/c1-27-17-22-18(28-23-17)21-16(24)13(7-10-8-14(19)15(20)9-10)11-3-5-12(6-4-11)29(2,25)26/h3-7,10,14-15H,8-9H2,1-2H3,(H,21,22,23,24)/b13-7+/t10?,14-,15+. The summed E-state index contributed by atoms with van der Waals surface area (Å²) in [4.78, 5) is 16.9. The van der Waals surface area contributed by atoms with E-state index in [0.717, 1.165) is 17.8 Å². The molecule has 29 heavy (non-hydrogen) atoms. The summed E-state index contributed by atoms with van der Waals surface area (Å²) in [6.07, 6.45) is -0.579. The number of benzene rings is 1. The number of sulfone groups is 1. The third kappa shape index (κ3) is 5.15. The van der Waals surface area contributed by atoms with Crippen LogP contribution in [0.1, 0.15) is 18.4 Å². The number of nitrogens with zero attached hydrogens (tertiary/aromatic N) is 2. The van der Waals surface area contributed by atoms with Crippen LogP contribution < -0.4 is 10.1 Å². The predicted octanol–water partition coefficient (Wildman–Crippen LogP) is 3.06. The van der Waals surface area contributed by atoms with Gasteiger partial charge in [0.15, 0.2) is 9.84 Å². The van der Waals surface area contributed by atoms with E-state index >= 15 is 0 Å². The van der Waals surface area contributed by atoms with Crippen LogP contribution in [0.2, 0.25) is 0 Å². The van der Waals surface area contributed by atoms with Gasteiger partial charge in [-0.3, -0.25) is 10.1 Å². The molecule has 2 aromatic rings. The van der Waals surface area contributed by atoms with Crippen molar-refractivity contribution in [3.63, 3.8) is 0 Å². The average molecular weight is 443 g/mol. The Hall–Kier alpha value is -2.40. The van der Waals surface area contributed by atoms with Crippen molar-refractivity contribution in [2.45, 2.75) is 30.1 Å². The van der Waals surface area contributed by atoms with Gasteiger partial charge >= 0.3 is 6.01 Å². The first kappa shape index (κ1) is 21.3. The Bertz CT molecular complexity index is 1010. The first-order valence-corrected chi connectivity index (χ1v) is 11.3. The highest BCUT2D eigenvalue weighted by molar-refractivity contribution is 7.90. The van der Waals surface area contributed by atoms with Crippen molar-refractivity contribution < 1.29 is 26.7 Å². The Kier molecular flexibility index (Phi) is 6.27. The molecule has 0 radical (unpaired) electrons. The molecule has 0 spiro atoms. The fourth-order valence-electron chi connectivity index (χ4n) is 3.03. The summed E-state index contributed by atoms with van der Waals surface area (Å²) in [5.41, 5.74) is 0.592. The maximum Gasteiger partial charge on any atom is 0.329 e. The third-order valence-corrected chi connectivity index (χ3v) is 6.24. The smallest absolute Gasteiger partial charge is 0.329 e. The van der Waals surface area contributed by atoms with E-state index in [4.69, 9.17) is 4.74 Å². The molecule has 3 rings (SSSR count). The lowest BCUT2D eigenvalue weighted by atomic mass is 9.98. The van der Waals surface area contributed by atoms with Crippen LogP contribution in [0.5, 0.6) is 6.01 Å². The molecule has 3 atom stereocenters. The largest absolute Gasteiger partial charge is 0.466 e. The quantitative estimate of drug-likeness (QED) is 0.689. The molecule has 1 unspecified atom stereocenters. The van der Waals surface area contributed by atoms with Crippen molar-refractivity contribution in [3.8, 4) is 6.01 Å². The molecule has 0 saturated heterocycles. The number of hydrogen-bond acceptors (Lipinski definition) is 7. The number of hydrogen-bond donors (Lipinski definition) is 1. The van der Waals surface area contributed by atoms with Gasteiger partial charge in [0.2, 0.25) is 5.13 Å². The lowest BCUT2D eigenvalue weighted by Gasteiger charge is -2.11. The molecule has 1 fully saturated rings. The number of ether oxygens (including phenoxy) is 1. The fourth-order valence-corrected chi connectivity index (χ4v) is 4.20. The first-order valence-electron chi connectivity index (χ1n) is 8.67. The number of aromatic nitrogens is 2. The number of nitrogens with one attached hydrogen (secondary N) is 1. The maximum atomic E-state index is 13.6. The SMILES string of the molecule is COc1nsc(NC(=O)/C(=C/C2C[C@@H](F)[C@@H](F)C2)c2ccc(S(C)(=O)=O)cc2)n1. The lowest BCUT2D eigenvalue weighted by molar-refractivity contribution is -0.111. The maximum absolute atomic E-state index is 13.6. The highest BCUT2D eigenvalue weighted by Crippen LogP contribution is 2.34. The Labute approximate surface area is 170 Å². The summed E-state index contributed by atoms with van der Waals surface area (Å²) in [5.74, 6) is -1.01. The number of allylic oxidation sites excluding steroid dienone is 1. The van der Waals surface area contributed by atoms with Gasteiger partial charge in [-0.05, 0) is 36.5 Å². The summed E-state index contributed by atoms with van der Waals surface area (Å²) in [6, 6.07) is 5.83. The molecular formula is C18H19F2N3O4S2. The molecule has 156 valence electrons. The first-order chi connectivity index (χ1) is 13.7. The Morgan fingerprint density at radius 1 is 1.24 bits per heavy atom. The third-order valence-electron chi connectivity index (χ3n) is 4.50. The van der Waals surface area contributed by atoms with Crippen LogP contribution in [-0.4, -0.2) is 49.4 Å². The van der Waals surface area contributed by atoms with Gasteiger partial charge in [-0.2, -0.15) is 4.98 Å². The number of halogens is 2. The molecule has 0 bridgehead atoms. The Morgan fingerprint density at radius 2 is 1.86 bits per heavy atom. The van der Waals surface area contributed by atoms with Gasteiger partial charge in [0.05, 0.1) is 12.0 Å². The minimum Gasteiger partial charge on any atom is -0.466 e. The molecular weight excluding hydrogens is 424 g/mol. The van der Waals surface area contributed by atoms with Crippen LogP contribution in [0.4, 0.5) is 13.9 Å². The minimum absolute atomic E-state index is 0.0218. The number of methoxy groups -OCH3 is 1. The van der Waals surface area contributed by atoms with Crippen LogP contribution in [-0.2, 0) is 14.6 Å². The zero-order valence-corrected chi connectivity index (χ0v) is 17.3. The molecule has 0 aliphatic heterocycles. The number of amides is 1. The van der Waals surface area contributed by atoms with E-state index in [0.29, 0.717) is 5.56 Å². The second-order valence-corrected chi connectivity index (χ2v) is 9.45. The van der Waals surface area contributed by atoms with Crippen LogP contribution in [0.15, 0.2) is 35.2 Å². The molecule has 1 aliphatic rings. The Morgan fingerprint density at radius 3 is 2.38 bits per heavy atom. The molecule has 1 amide bonds. The van der Waals surface area contributed by atoms with Crippen molar-refractivity contribution >= 4 is 38.0 Å². The summed E-state index contributed by atoms with van der Waals surface area (Å²) < 4.78 is 59.3. The monoisotopic (exact) mass is 443 g/mol. The number of anilines is 1. The van der Waals surface area contributed by atoms with E-state index in [1.54, 1.807) is 0 Å². The highest BCUT2D eigenvalue weighted by Gasteiger charge is 2.34. The molecule has 1 saturated carbocycles. The Balaban J connectivity index is 1.91. The highest BCUT2D eigenvalue weighted by atomic mass is 32.2. The lowest BCUT2D eigenvalue weighted by Crippen LogP contribution is -2.15. The van der Waals surface area contributed by atoms with E-state index in [1.807, 2.05) is 0 Å². The normalized spacial score (nSPS) is 22.5. The molecule has 1 N–H and O–H groups in total. The van der Waals surface area contributed by atoms with Gasteiger partial charge in [0, 0.05) is 23.4 Å². The van der Waals surface area contributed by atoms with Crippen LogP contribution in [0.3, 0.4) is 0 Å². The summed E-state index contributed by atoms with van der Waals surface area (Å²) in [6.45, 7) is 0. The van der Waals surface area contributed by atoms with Crippen molar-refractivity contribution in [1.29, 1.82) is 0 Å². The van der Waals surface area contributed by atoms with Gasteiger partial charge in [-0.1, -0.05) is 18.2 Å².